The second kappa shape index (κ2) is 14.2. The van der Waals surface area contributed by atoms with Gasteiger partial charge in [-0.1, -0.05) is 111 Å². The van der Waals surface area contributed by atoms with Crippen molar-refractivity contribution in [3.63, 3.8) is 0 Å². The van der Waals surface area contributed by atoms with Crippen molar-refractivity contribution in [1.82, 2.24) is 0 Å². The molecule has 1 aliphatic heterocycles. The molecular formula is C43H40O5P2. The van der Waals surface area contributed by atoms with Crippen LogP contribution in [0, 0.1) is 0 Å². The first-order valence-electron chi connectivity index (χ1n) is 16.5. The van der Waals surface area contributed by atoms with Gasteiger partial charge in [0, 0.05) is 39.3 Å². The number of para-hydroxylation sites is 2. The third kappa shape index (κ3) is 6.22. The first-order chi connectivity index (χ1) is 24.4. The summed E-state index contributed by atoms with van der Waals surface area (Å²) in [5, 5.41) is 6.93. The molecule has 0 spiro atoms. The Labute approximate surface area is 297 Å². The van der Waals surface area contributed by atoms with Gasteiger partial charge in [0.1, 0.15) is 34.5 Å². The van der Waals surface area contributed by atoms with Crippen LogP contribution in [0.15, 0.2) is 133 Å². The molecule has 1 heterocycles. The van der Waals surface area contributed by atoms with Crippen molar-refractivity contribution in [2.45, 2.75) is 19.3 Å². The van der Waals surface area contributed by atoms with Crippen molar-refractivity contribution >= 4 is 47.7 Å². The maximum Gasteiger partial charge on any atom is 0.139 e. The molecule has 0 saturated carbocycles. The van der Waals surface area contributed by atoms with E-state index in [1.54, 1.807) is 28.4 Å². The van der Waals surface area contributed by atoms with Gasteiger partial charge in [-0.05, 0) is 61.3 Å². The van der Waals surface area contributed by atoms with Crippen LogP contribution in [-0.4, -0.2) is 28.4 Å². The minimum absolute atomic E-state index is 0.345. The van der Waals surface area contributed by atoms with E-state index < -0.39 is 15.8 Å². The van der Waals surface area contributed by atoms with E-state index in [4.69, 9.17) is 23.7 Å². The lowest BCUT2D eigenvalue weighted by atomic mass is 9.76. The normalized spacial score (nSPS) is 14.0. The van der Waals surface area contributed by atoms with Gasteiger partial charge in [-0.15, -0.1) is 0 Å². The van der Waals surface area contributed by atoms with E-state index >= 15 is 0 Å². The van der Waals surface area contributed by atoms with Crippen molar-refractivity contribution < 1.29 is 23.7 Å². The summed E-state index contributed by atoms with van der Waals surface area (Å²) in [6.07, 6.45) is 0. The molecule has 0 saturated heterocycles. The molecule has 6 aromatic carbocycles. The molecule has 0 radical (unpaired) electrons. The van der Waals surface area contributed by atoms with Gasteiger partial charge in [0.05, 0.1) is 28.4 Å². The number of benzene rings is 6. The monoisotopic (exact) mass is 698 g/mol. The molecule has 2 atom stereocenters. The summed E-state index contributed by atoms with van der Waals surface area (Å²) in [5.41, 5.74) is 1.97. The van der Waals surface area contributed by atoms with Crippen molar-refractivity contribution in [3.8, 4) is 34.5 Å². The van der Waals surface area contributed by atoms with Crippen LogP contribution in [0.25, 0.3) is 0 Å². The molecular weight excluding hydrogens is 658 g/mol. The van der Waals surface area contributed by atoms with Crippen LogP contribution in [0.1, 0.15) is 25.0 Å². The Morgan fingerprint density at radius 3 is 1.12 bits per heavy atom. The molecule has 7 heteroatoms. The van der Waals surface area contributed by atoms with Crippen molar-refractivity contribution in [2.24, 2.45) is 0 Å². The Hall–Kier alpha value is -4.82. The Morgan fingerprint density at radius 2 is 0.780 bits per heavy atom. The molecule has 0 amide bonds. The number of methoxy groups -OCH3 is 4. The SMILES string of the molecule is COc1cc(OC)cc([P@](c2ccccc2)c2cccc3c2Oc2c([P@@](c4ccccc4)c4cc(OC)cc(OC)c4)cccc2C3(C)C)c1. The fourth-order valence-corrected chi connectivity index (χ4v) is 11.6. The predicted molar refractivity (Wildman–Crippen MR) is 209 cm³/mol. The summed E-state index contributed by atoms with van der Waals surface area (Å²) in [5.74, 6) is 4.82. The standard InChI is InChI=1S/C43H40O5P2/c1-43(2)37-19-13-21-39(49(33-15-9-7-10-16-33)35-25-29(44-3)23-30(26-35)45-4)41(37)48-42-38(43)20-14-22-40(42)50(34-17-11-8-12-18-34)36-27-31(46-5)24-32(28-36)47-6/h7-28H,1-6H3/t49-,50-/m0/s1. The van der Waals surface area contributed by atoms with Gasteiger partial charge in [-0.2, -0.15) is 0 Å². The van der Waals surface area contributed by atoms with Crippen molar-refractivity contribution in [1.29, 1.82) is 0 Å². The van der Waals surface area contributed by atoms with Crippen molar-refractivity contribution in [2.75, 3.05) is 28.4 Å². The summed E-state index contributed by atoms with van der Waals surface area (Å²) < 4.78 is 30.4. The molecule has 252 valence electrons. The van der Waals surface area contributed by atoms with Gasteiger partial charge in [0.2, 0.25) is 0 Å². The van der Waals surface area contributed by atoms with Crippen LogP contribution >= 0.6 is 15.8 Å². The first-order valence-corrected chi connectivity index (χ1v) is 19.2. The highest BCUT2D eigenvalue weighted by atomic mass is 31.1. The van der Waals surface area contributed by atoms with E-state index in [1.807, 2.05) is 12.1 Å². The van der Waals surface area contributed by atoms with Crippen LogP contribution < -0.4 is 55.5 Å². The Morgan fingerprint density at radius 1 is 0.420 bits per heavy atom. The molecule has 6 aromatic rings. The second-order valence-corrected chi connectivity index (χ2v) is 16.9. The molecule has 0 N–H and O–H groups in total. The van der Waals surface area contributed by atoms with E-state index in [-0.39, 0.29) is 5.41 Å². The zero-order chi connectivity index (χ0) is 34.8. The maximum atomic E-state index is 7.36. The lowest BCUT2D eigenvalue weighted by molar-refractivity contribution is 0.395. The number of fused-ring (bicyclic) bond motifs is 2. The fourth-order valence-electron chi connectivity index (χ4n) is 6.70. The van der Waals surface area contributed by atoms with E-state index in [0.717, 1.165) is 66.8 Å². The number of hydrogen-bond donors (Lipinski definition) is 0. The van der Waals surface area contributed by atoms with Crippen LogP contribution in [-0.2, 0) is 5.41 Å². The van der Waals surface area contributed by atoms with Crippen LogP contribution in [0.3, 0.4) is 0 Å². The molecule has 7 rings (SSSR count). The van der Waals surface area contributed by atoms with Gasteiger partial charge in [0.25, 0.3) is 0 Å². The molecule has 0 aliphatic carbocycles. The summed E-state index contributed by atoms with van der Waals surface area (Å²) >= 11 is 0. The summed E-state index contributed by atoms with van der Waals surface area (Å²) in [4.78, 5) is 0. The lowest BCUT2D eigenvalue weighted by Crippen LogP contribution is -2.33. The molecule has 0 bridgehead atoms. The van der Waals surface area contributed by atoms with E-state index in [0.29, 0.717) is 0 Å². The Kier molecular flexibility index (Phi) is 9.56. The molecule has 0 fully saturated rings. The van der Waals surface area contributed by atoms with E-state index in [9.17, 15) is 0 Å². The third-order valence-corrected chi connectivity index (χ3v) is 14.1. The zero-order valence-electron chi connectivity index (χ0n) is 29.1. The van der Waals surface area contributed by atoms with Gasteiger partial charge >= 0.3 is 0 Å². The average Bonchev–Trinajstić information content (AvgIpc) is 3.16. The van der Waals surface area contributed by atoms with Crippen LogP contribution in [0.5, 0.6) is 34.5 Å². The summed E-state index contributed by atoms with van der Waals surface area (Å²) in [6, 6.07) is 46.9. The third-order valence-electron chi connectivity index (χ3n) is 9.24. The maximum absolute atomic E-state index is 7.36. The number of rotatable bonds is 10. The first kappa shape index (κ1) is 33.7. The Balaban J connectivity index is 1.47. The minimum Gasteiger partial charge on any atom is -0.497 e. The quantitative estimate of drug-likeness (QED) is 0.138. The molecule has 1 aliphatic rings. The molecule has 50 heavy (non-hydrogen) atoms. The largest absolute Gasteiger partial charge is 0.497 e. The second-order valence-electron chi connectivity index (χ2n) is 12.5. The van der Waals surface area contributed by atoms with Crippen molar-refractivity contribution in [3.05, 3.63) is 145 Å². The average molecular weight is 699 g/mol. The van der Waals surface area contributed by atoms with Gasteiger partial charge < -0.3 is 23.7 Å². The smallest absolute Gasteiger partial charge is 0.139 e. The highest BCUT2D eigenvalue weighted by Gasteiger charge is 2.39. The lowest BCUT2D eigenvalue weighted by Gasteiger charge is -2.38. The van der Waals surface area contributed by atoms with Gasteiger partial charge in [-0.25, -0.2) is 0 Å². The molecule has 0 aromatic heterocycles. The van der Waals surface area contributed by atoms with Gasteiger partial charge in [-0.3, -0.25) is 0 Å². The Bertz CT molecular complexity index is 1940. The molecule has 5 nitrogen and oxygen atoms in total. The zero-order valence-corrected chi connectivity index (χ0v) is 30.9. The van der Waals surface area contributed by atoms with Crippen LogP contribution in [0.2, 0.25) is 0 Å². The fraction of sp³-hybridized carbons (Fsp3) is 0.163. The highest BCUT2D eigenvalue weighted by molar-refractivity contribution is 7.80. The predicted octanol–water partition coefficient (Wildman–Crippen LogP) is 7.67. The van der Waals surface area contributed by atoms with E-state index in [2.05, 4.69) is 135 Å². The van der Waals surface area contributed by atoms with E-state index in [1.165, 1.54) is 10.6 Å². The highest BCUT2D eigenvalue weighted by Crippen LogP contribution is 2.52. The topological polar surface area (TPSA) is 46.2 Å². The van der Waals surface area contributed by atoms with Gasteiger partial charge in [0.15, 0.2) is 0 Å². The van der Waals surface area contributed by atoms with Crippen LogP contribution in [0.4, 0.5) is 0 Å². The molecule has 0 unspecified atom stereocenters. The summed E-state index contributed by atoms with van der Waals surface area (Å²) in [6.45, 7) is 4.61. The minimum atomic E-state index is -1.07. The number of hydrogen-bond acceptors (Lipinski definition) is 5. The number of ether oxygens (including phenoxy) is 5. The summed E-state index contributed by atoms with van der Waals surface area (Å²) in [7, 11) is 4.63.